The molecule has 16 heavy (non-hydrogen) atoms. The second kappa shape index (κ2) is 4.88. The zero-order valence-electron chi connectivity index (χ0n) is 10.2. The predicted molar refractivity (Wildman–Crippen MR) is 66.6 cm³/mol. The van der Waals surface area contributed by atoms with Crippen LogP contribution in [0.2, 0.25) is 0 Å². The van der Waals surface area contributed by atoms with Crippen molar-refractivity contribution in [3.63, 3.8) is 0 Å². The van der Waals surface area contributed by atoms with E-state index < -0.39 is 0 Å². The van der Waals surface area contributed by atoms with Crippen molar-refractivity contribution in [1.29, 1.82) is 0 Å². The molecule has 0 radical (unpaired) electrons. The Morgan fingerprint density at radius 3 is 2.75 bits per heavy atom. The molecule has 0 amide bonds. The third-order valence-corrected chi connectivity index (χ3v) is 3.21. The van der Waals surface area contributed by atoms with Crippen LogP contribution in [-0.4, -0.2) is 6.61 Å². The van der Waals surface area contributed by atoms with Gasteiger partial charge in [-0.1, -0.05) is 25.0 Å². The quantitative estimate of drug-likeness (QED) is 0.825. The molecular formula is C14H21NO. The highest BCUT2D eigenvalue weighted by Gasteiger charge is 2.20. The van der Waals surface area contributed by atoms with E-state index in [-0.39, 0.29) is 6.04 Å². The molecule has 1 aliphatic carbocycles. The molecule has 2 heteroatoms. The third-order valence-electron chi connectivity index (χ3n) is 3.21. The Kier molecular flexibility index (Phi) is 3.49. The second-order valence-corrected chi connectivity index (χ2v) is 4.89. The van der Waals surface area contributed by atoms with Gasteiger partial charge in [-0.25, -0.2) is 0 Å². The van der Waals surface area contributed by atoms with Crippen LogP contribution in [0.4, 0.5) is 0 Å². The number of hydrogen-bond donors (Lipinski definition) is 1. The summed E-state index contributed by atoms with van der Waals surface area (Å²) in [6, 6.07) is 6.32. The summed E-state index contributed by atoms with van der Waals surface area (Å²) >= 11 is 0. The first-order valence-electron chi connectivity index (χ1n) is 6.15. The minimum atomic E-state index is 0.0965. The standard InChI is InChI=1S/C14H21NO/c1-10-9-13(11(2)15)5-6-14(10)16-8-7-12-3-4-12/h5-6,9,11-12H,3-4,7-8,15H2,1-2H3/t11-/m0/s1. The summed E-state index contributed by atoms with van der Waals surface area (Å²) < 4.78 is 5.78. The van der Waals surface area contributed by atoms with Crippen LogP contribution in [0.25, 0.3) is 0 Å². The number of benzene rings is 1. The molecule has 2 nitrogen and oxygen atoms in total. The first-order valence-corrected chi connectivity index (χ1v) is 6.15. The average molecular weight is 219 g/mol. The molecule has 0 bridgehead atoms. The van der Waals surface area contributed by atoms with E-state index in [1.54, 1.807) is 0 Å². The number of aryl methyl sites for hydroxylation is 1. The smallest absolute Gasteiger partial charge is 0.122 e. The summed E-state index contributed by atoms with van der Waals surface area (Å²) in [6.45, 7) is 4.93. The Morgan fingerprint density at radius 2 is 2.19 bits per heavy atom. The number of hydrogen-bond acceptors (Lipinski definition) is 2. The van der Waals surface area contributed by atoms with Gasteiger partial charge in [0.25, 0.3) is 0 Å². The number of nitrogens with two attached hydrogens (primary N) is 1. The minimum Gasteiger partial charge on any atom is -0.493 e. The highest BCUT2D eigenvalue weighted by Crippen LogP contribution is 2.32. The van der Waals surface area contributed by atoms with E-state index in [1.165, 1.54) is 30.4 Å². The summed E-state index contributed by atoms with van der Waals surface area (Å²) in [7, 11) is 0. The molecule has 1 atom stereocenters. The molecular weight excluding hydrogens is 198 g/mol. The largest absolute Gasteiger partial charge is 0.493 e. The van der Waals surface area contributed by atoms with Crippen molar-refractivity contribution >= 4 is 0 Å². The van der Waals surface area contributed by atoms with Crippen molar-refractivity contribution in [1.82, 2.24) is 0 Å². The first kappa shape index (κ1) is 11.5. The van der Waals surface area contributed by atoms with Gasteiger partial charge in [-0.3, -0.25) is 0 Å². The van der Waals surface area contributed by atoms with Crippen LogP contribution < -0.4 is 10.5 Å². The van der Waals surface area contributed by atoms with Gasteiger partial charge in [0, 0.05) is 6.04 Å². The summed E-state index contributed by atoms with van der Waals surface area (Å²) in [6.07, 6.45) is 3.99. The van der Waals surface area contributed by atoms with Gasteiger partial charge in [-0.2, -0.15) is 0 Å². The van der Waals surface area contributed by atoms with E-state index in [0.29, 0.717) is 0 Å². The fourth-order valence-corrected chi connectivity index (χ4v) is 1.86. The fraction of sp³-hybridized carbons (Fsp3) is 0.571. The van der Waals surface area contributed by atoms with Crippen LogP contribution in [0.3, 0.4) is 0 Å². The van der Waals surface area contributed by atoms with Crippen LogP contribution in [0.15, 0.2) is 18.2 Å². The molecule has 1 fully saturated rings. The molecule has 2 rings (SSSR count). The maximum atomic E-state index is 5.84. The lowest BCUT2D eigenvalue weighted by atomic mass is 10.1. The van der Waals surface area contributed by atoms with Gasteiger partial charge >= 0.3 is 0 Å². The van der Waals surface area contributed by atoms with Crippen LogP contribution in [-0.2, 0) is 0 Å². The van der Waals surface area contributed by atoms with E-state index in [0.717, 1.165) is 18.3 Å². The van der Waals surface area contributed by atoms with Crippen molar-refractivity contribution < 1.29 is 4.74 Å². The molecule has 1 saturated carbocycles. The van der Waals surface area contributed by atoms with Crippen LogP contribution in [0.1, 0.15) is 43.4 Å². The van der Waals surface area contributed by atoms with Gasteiger partial charge in [0.15, 0.2) is 0 Å². The zero-order valence-corrected chi connectivity index (χ0v) is 10.2. The number of ether oxygens (including phenoxy) is 1. The topological polar surface area (TPSA) is 35.2 Å². The zero-order chi connectivity index (χ0) is 11.5. The Bertz CT molecular complexity index is 356. The van der Waals surface area contributed by atoms with Crippen LogP contribution in [0.5, 0.6) is 5.75 Å². The maximum Gasteiger partial charge on any atom is 0.122 e. The molecule has 0 aromatic heterocycles. The van der Waals surface area contributed by atoms with E-state index >= 15 is 0 Å². The SMILES string of the molecule is Cc1cc([C@H](C)N)ccc1OCCC1CC1. The lowest BCUT2D eigenvalue weighted by molar-refractivity contribution is 0.300. The minimum absolute atomic E-state index is 0.0965. The Morgan fingerprint density at radius 1 is 1.44 bits per heavy atom. The lowest BCUT2D eigenvalue weighted by Crippen LogP contribution is -2.06. The summed E-state index contributed by atoms with van der Waals surface area (Å²) in [5.74, 6) is 1.94. The van der Waals surface area contributed by atoms with E-state index in [2.05, 4.69) is 19.1 Å². The highest BCUT2D eigenvalue weighted by molar-refractivity contribution is 5.37. The first-order chi connectivity index (χ1) is 7.66. The van der Waals surface area contributed by atoms with Crippen LogP contribution in [0, 0.1) is 12.8 Å². The van der Waals surface area contributed by atoms with E-state index in [9.17, 15) is 0 Å². The Hall–Kier alpha value is -1.02. The summed E-state index contributed by atoms with van der Waals surface area (Å²) in [4.78, 5) is 0. The van der Waals surface area contributed by atoms with Crippen molar-refractivity contribution in [2.75, 3.05) is 6.61 Å². The Labute approximate surface area is 97.8 Å². The molecule has 1 aromatic rings. The fourth-order valence-electron chi connectivity index (χ4n) is 1.86. The highest BCUT2D eigenvalue weighted by atomic mass is 16.5. The molecule has 0 heterocycles. The van der Waals surface area contributed by atoms with Gasteiger partial charge < -0.3 is 10.5 Å². The molecule has 0 aliphatic heterocycles. The Balaban J connectivity index is 1.92. The molecule has 2 N–H and O–H groups in total. The average Bonchev–Trinajstić information content (AvgIpc) is 3.04. The van der Waals surface area contributed by atoms with E-state index in [4.69, 9.17) is 10.5 Å². The van der Waals surface area contributed by atoms with Crippen LogP contribution >= 0.6 is 0 Å². The normalized spacial score (nSPS) is 17.2. The van der Waals surface area contributed by atoms with Crippen molar-refractivity contribution in [2.24, 2.45) is 11.7 Å². The van der Waals surface area contributed by atoms with E-state index in [1.807, 2.05) is 13.0 Å². The lowest BCUT2D eigenvalue weighted by Gasteiger charge is -2.12. The van der Waals surface area contributed by atoms with Crippen molar-refractivity contribution in [3.8, 4) is 5.75 Å². The second-order valence-electron chi connectivity index (χ2n) is 4.89. The molecule has 1 aromatic carbocycles. The van der Waals surface area contributed by atoms with Crippen molar-refractivity contribution in [3.05, 3.63) is 29.3 Å². The molecule has 1 aliphatic rings. The van der Waals surface area contributed by atoms with Gasteiger partial charge in [0.1, 0.15) is 5.75 Å². The molecule has 0 spiro atoms. The predicted octanol–water partition coefficient (Wildman–Crippen LogP) is 3.19. The van der Waals surface area contributed by atoms with Gasteiger partial charge in [0.2, 0.25) is 0 Å². The van der Waals surface area contributed by atoms with Gasteiger partial charge in [-0.15, -0.1) is 0 Å². The van der Waals surface area contributed by atoms with Gasteiger partial charge in [0.05, 0.1) is 6.61 Å². The third kappa shape index (κ3) is 2.99. The summed E-state index contributed by atoms with van der Waals surface area (Å²) in [5, 5.41) is 0. The number of rotatable bonds is 5. The molecule has 0 unspecified atom stereocenters. The maximum absolute atomic E-state index is 5.84. The van der Waals surface area contributed by atoms with Gasteiger partial charge in [-0.05, 0) is 43.4 Å². The monoisotopic (exact) mass is 219 g/mol. The molecule has 88 valence electrons. The van der Waals surface area contributed by atoms with Crippen molar-refractivity contribution in [2.45, 2.75) is 39.2 Å². The molecule has 0 saturated heterocycles. The summed E-state index contributed by atoms with van der Waals surface area (Å²) in [5.41, 5.74) is 8.20.